The molecule has 7 heteroatoms. The quantitative estimate of drug-likeness (QED) is 0.475. The fourth-order valence-electron chi connectivity index (χ4n) is 1.74. The first kappa shape index (κ1) is 17.6. The summed E-state index contributed by atoms with van der Waals surface area (Å²) in [6.07, 6.45) is 5.33. The van der Waals surface area contributed by atoms with Crippen molar-refractivity contribution in [1.82, 2.24) is 10.3 Å². The molecule has 4 nitrogen and oxygen atoms in total. The normalized spacial score (nSPS) is 12.8. The maximum absolute atomic E-state index is 12.0. The molecule has 2 N–H and O–H groups in total. The number of benzene rings is 1. The average molecular weight is 371 g/mol. The van der Waals surface area contributed by atoms with E-state index < -0.39 is 9.96 Å². The van der Waals surface area contributed by atoms with E-state index in [0.29, 0.717) is 5.69 Å². The molecular formula is C16H14Cl3N3O. The lowest BCUT2D eigenvalue weighted by molar-refractivity contribution is -0.116. The van der Waals surface area contributed by atoms with E-state index in [4.69, 9.17) is 34.8 Å². The zero-order chi connectivity index (χ0) is 16.7. The van der Waals surface area contributed by atoms with Gasteiger partial charge in [0.25, 0.3) is 0 Å². The Morgan fingerprint density at radius 3 is 2.48 bits per heavy atom. The Bertz CT molecular complexity index is 657. The van der Waals surface area contributed by atoms with Crippen molar-refractivity contribution < 1.29 is 4.79 Å². The van der Waals surface area contributed by atoms with E-state index in [0.717, 1.165) is 5.56 Å². The number of carbonyl (C=O) groups is 1. The molecule has 1 heterocycles. The molecule has 0 radical (unpaired) electrons. The van der Waals surface area contributed by atoms with Crippen molar-refractivity contribution >= 4 is 52.5 Å². The fraction of sp³-hybridized carbons (Fsp3) is 0.125. The third-order valence-electron chi connectivity index (χ3n) is 2.81. The maximum atomic E-state index is 12.0. The minimum atomic E-state index is -1.73. The summed E-state index contributed by atoms with van der Waals surface area (Å²) in [5, 5.41) is 5.54. The van der Waals surface area contributed by atoms with Crippen molar-refractivity contribution in [2.24, 2.45) is 0 Å². The number of halogens is 3. The topological polar surface area (TPSA) is 54.0 Å². The van der Waals surface area contributed by atoms with E-state index in [1.54, 1.807) is 30.6 Å². The van der Waals surface area contributed by atoms with Crippen LogP contribution in [0.15, 0.2) is 60.9 Å². The van der Waals surface area contributed by atoms with E-state index in [1.807, 2.05) is 30.3 Å². The summed E-state index contributed by atoms with van der Waals surface area (Å²) in [5.41, 5.74) is 1.52. The van der Waals surface area contributed by atoms with Crippen LogP contribution in [0.1, 0.15) is 5.56 Å². The molecule has 23 heavy (non-hydrogen) atoms. The van der Waals surface area contributed by atoms with Gasteiger partial charge < -0.3 is 10.6 Å². The first-order chi connectivity index (χ1) is 10.9. The van der Waals surface area contributed by atoms with E-state index in [-0.39, 0.29) is 5.91 Å². The largest absolute Gasteiger partial charge is 0.361 e. The van der Waals surface area contributed by atoms with Crippen LogP contribution in [0, 0.1) is 0 Å². The number of aromatic nitrogens is 1. The zero-order valence-corrected chi connectivity index (χ0v) is 14.2. The van der Waals surface area contributed by atoms with Crippen LogP contribution in [0.3, 0.4) is 0 Å². The number of hydrogen-bond acceptors (Lipinski definition) is 3. The standard InChI is InChI=1S/C16H14Cl3N3O/c17-16(18,19)15(21-13-7-4-10-20-11-13)22-14(23)9-8-12-5-2-1-3-6-12/h1-11,15,21H,(H,22,23). The number of nitrogens with zero attached hydrogens (tertiary/aromatic N) is 1. The van der Waals surface area contributed by atoms with Gasteiger partial charge in [0, 0.05) is 18.5 Å². The van der Waals surface area contributed by atoms with Crippen molar-refractivity contribution in [2.45, 2.75) is 9.96 Å². The van der Waals surface area contributed by atoms with Gasteiger partial charge in [-0.25, -0.2) is 0 Å². The SMILES string of the molecule is O=C(C=Cc1ccccc1)NC(Nc1cccnc1)C(Cl)(Cl)Cl. The first-order valence-corrected chi connectivity index (χ1v) is 7.85. The van der Waals surface area contributed by atoms with Crippen LogP contribution in [0.25, 0.3) is 6.08 Å². The van der Waals surface area contributed by atoms with Gasteiger partial charge in [0.2, 0.25) is 9.70 Å². The van der Waals surface area contributed by atoms with Crippen molar-refractivity contribution in [3.63, 3.8) is 0 Å². The molecule has 0 saturated heterocycles. The van der Waals surface area contributed by atoms with Gasteiger partial charge in [0.1, 0.15) is 6.17 Å². The maximum Gasteiger partial charge on any atom is 0.245 e. The van der Waals surface area contributed by atoms with E-state index in [1.165, 1.54) is 6.08 Å². The summed E-state index contributed by atoms with van der Waals surface area (Å²) in [7, 11) is 0. The highest BCUT2D eigenvalue weighted by atomic mass is 35.6. The number of rotatable bonds is 5. The summed E-state index contributed by atoms with van der Waals surface area (Å²) in [4.78, 5) is 16.0. The second kappa shape index (κ2) is 8.20. The number of alkyl halides is 3. The van der Waals surface area contributed by atoms with Gasteiger partial charge in [-0.2, -0.15) is 0 Å². The minimum absolute atomic E-state index is 0.387. The Morgan fingerprint density at radius 2 is 1.87 bits per heavy atom. The summed E-state index contributed by atoms with van der Waals surface area (Å²) >= 11 is 17.8. The van der Waals surface area contributed by atoms with Gasteiger partial charge in [-0.3, -0.25) is 9.78 Å². The Kier molecular flexibility index (Phi) is 6.28. The van der Waals surface area contributed by atoms with Crippen LogP contribution in [0.2, 0.25) is 0 Å². The van der Waals surface area contributed by atoms with Crippen LogP contribution in [0.5, 0.6) is 0 Å². The van der Waals surface area contributed by atoms with Gasteiger partial charge in [0.05, 0.1) is 5.69 Å². The van der Waals surface area contributed by atoms with E-state index in [9.17, 15) is 4.79 Å². The third-order valence-corrected chi connectivity index (χ3v) is 3.47. The molecule has 2 aromatic rings. The zero-order valence-electron chi connectivity index (χ0n) is 11.9. The fourth-order valence-corrected chi connectivity index (χ4v) is 2.07. The Hall–Kier alpha value is -1.75. The molecular weight excluding hydrogens is 357 g/mol. The first-order valence-electron chi connectivity index (χ1n) is 6.72. The molecule has 1 aromatic heterocycles. The molecule has 0 bridgehead atoms. The number of amides is 1. The Labute approximate surface area is 149 Å². The molecule has 1 aromatic carbocycles. The van der Waals surface area contributed by atoms with Crippen LogP contribution in [0.4, 0.5) is 5.69 Å². The van der Waals surface area contributed by atoms with E-state index >= 15 is 0 Å². The number of anilines is 1. The second-order valence-corrected chi connectivity index (χ2v) is 6.98. The lowest BCUT2D eigenvalue weighted by Crippen LogP contribution is -2.48. The highest BCUT2D eigenvalue weighted by Gasteiger charge is 2.33. The number of hydrogen-bond donors (Lipinski definition) is 2. The predicted molar refractivity (Wildman–Crippen MR) is 95.6 cm³/mol. The molecule has 0 aliphatic carbocycles. The molecule has 1 unspecified atom stereocenters. The Balaban J connectivity index is 2.03. The molecule has 2 rings (SSSR count). The van der Waals surface area contributed by atoms with Gasteiger partial charge in [-0.1, -0.05) is 65.1 Å². The minimum Gasteiger partial charge on any atom is -0.361 e. The highest BCUT2D eigenvalue weighted by Crippen LogP contribution is 2.30. The smallest absolute Gasteiger partial charge is 0.245 e. The second-order valence-electron chi connectivity index (χ2n) is 4.61. The molecule has 0 aliphatic rings. The Morgan fingerprint density at radius 1 is 1.13 bits per heavy atom. The molecule has 1 atom stereocenters. The summed E-state index contributed by atoms with van der Waals surface area (Å²) < 4.78 is -1.73. The molecule has 0 spiro atoms. The molecule has 0 fully saturated rings. The van der Waals surface area contributed by atoms with E-state index in [2.05, 4.69) is 15.6 Å². The van der Waals surface area contributed by atoms with Crippen molar-refractivity contribution in [3.05, 3.63) is 66.5 Å². The van der Waals surface area contributed by atoms with Crippen molar-refractivity contribution in [1.29, 1.82) is 0 Å². The van der Waals surface area contributed by atoms with Crippen LogP contribution >= 0.6 is 34.8 Å². The summed E-state index contributed by atoms with van der Waals surface area (Å²) in [6.45, 7) is 0. The predicted octanol–water partition coefficient (Wildman–Crippen LogP) is 4.02. The number of nitrogens with one attached hydrogen (secondary N) is 2. The number of pyridine rings is 1. The third kappa shape index (κ3) is 6.10. The van der Waals surface area contributed by atoms with Gasteiger partial charge >= 0.3 is 0 Å². The van der Waals surface area contributed by atoms with Crippen molar-refractivity contribution in [3.8, 4) is 0 Å². The molecule has 120 valence electrons. The lowest BCUT2D eigenvalue weighted by Gasteiger charge is -2.26. The van der Waals surface area contributed by atoms with Crippen molar-refractivity contribution in [2.75, 3.05) is 5.32 Å². The lowest BCUT2D eigenvalue weighted by atomic mass is 10.2. The molecule has 0 aliphatic heterocycles. The van der Waals surface area contributed by atoms with Crippen LogP contribution in [-0.2, 0) is 4.79 Å². The van der Waals surface area contributed by atoms with Crippen LogP contribution in [-0.4, -0.2) is 20.8 Å². The van der Waals surface area contributed by atoms with Gasteiger partial charge in [-0.15, -0.1) is 0 Å². The van der Waals surface area contributed by atoms with Gasteiger partial charge in [-0.05, 0) is 23.8 Å². The average Bonchev–Trinajstić information content (AvgIpc) is 2.53. The number of carbonyl (C=O) groups excluding carboxylic acids is 1. The molecule has 0 saturated carbocycles. The monoisotopic (exact) mass is 369 g/mol. The summed E-state index contributed by atoms with van der Waals surface area (Å²) in [5.74, 6) is -0.387. The molecule has 1 amide bonds. The van der Waals surface area contributed by atoms with Crippen LogP contribution < -0.4 is 10.6 Å². The highest BCUT2D eigenvalue weighted by molar-refractivity contribution is 6.68. The summed E-state index contributed by atoms with van der Waals surface area (Å²) in [6, 6.07) is 12.9. The van der Waals surface area contributed by atoms with Gasteiger partial charge in [0.15, 0.2) is 0 Å².